The zero-order valence-corrected chi connectivity index (χ0v) is 30.4. The molecule has 0 fully saturated rings. The van der Waals surface area contributed by atoms with Gasteiger partial charge in [0.1, 0.15) is 52.7 Å². The van der Waals surface area contributed by atoms with Gasteiger partial charge in [-0.1, -0.05) is 18.2 Å². The summed E-state index contributed by atoms with van der Waals surface area (Å²) >= 11 is 0. The maximum atomic E-state index is 15.3. The van der Waals surface area contributed by atoms with E-state index in [1.165, 1.54) is 22.6 Å². The highest BCUT2D eigenvalue weighted by atomic mass is 19.2. The van der Waals surface area contributed by atoms with Crippen LogP contribution in [0.5, 0.6) is 0 Å². The van der Waals surface area contributed by atoms with E-state index < -0.39 is 139 Å². The van der Waals surface area contributed by atoms with Gasteiger partial charge in [-0.25, -0.2) is 74.6 Å². The topological polar surface area (TPSA) is 12.9 Å². The number of hydrogen-bond donors (Lipinski definition) is 0. The highest BCUT2D eigenvalue weighted by molar-refractivity contribution is 7.20. The minimum Gasteiger partial charge on any atom is -0.207 e. The fourth-order valence-corrected chi connectivity index (χ4v) is 7.07. The molecule has 0 aliphatic carbocycles. The van der Waals surface area contributed by atoms with E-state index in [-0.39, 0.29) is 0 Å². The molecule has 0 aliphatic rings. The molecule has 63 heavy (non-hydrogen) atoms. The van der Waals surface area contributed by atoms with Gasteiger partial charge in [0.2, 0.25) is 11.9 Å². The average Bonchev–Trinajstić information content (AvgIpc) is 3.28. The van der Waals surface area contributed by atoms with E-state index in [0.29, 0.717) is 0 Å². The van der Waals surface area contributed by atoms with Gasteiger partial charge in [0, 0.05) is 0 Å². The Labute approximate surface area is 340 Å². The Morgan fingerprint density at radius 2 is 0.444 bits per heavy atom. The molecule has 0 atom stereocenters. The molecule has 0 N–H and O–H groups in total. The number of pyridine rings is 1. The average molecular weight is 905 g/mol. The molecule has 0 bridgehead atoms. The molecule has 1 nitrogen and oxygen atoms in total. The number of rotatable bonds is 7. The van der Waals surface area contributed by atoms with Crippen molar-refractivity contribution in [3.8, 4) is 0 Å². The highest BCUT2D eigenvalue weighted by Crippen LogP contribution is 2.32. The molecule has 0 spiro atoms. The van der Waals surface area contributed by atoms with Gasteiger partial charge in [0.05, 0.1) is 22.6 Å². The normalized spacial score (nSPS) is 11.4. The summed E-state index contributed by atoms with van der Waals surface area (Å²) in [7, 11) is 0. The van der Waals surface area contributed by atoms with Crippen molar-refractivity contribution in [2.75, 3.05) is 0 Å². The van der Waals surface area contributed by atoms with Crippen LogP contribution in [0.1, 0.15) is 16.7 Å². The lowest BCUT2D eigenvalue weighted by Gasteiger charge is -2.44. The van der Waals surface area contributed by atoms with Gasteiger partial charge in [0.25, 0.3) is 0 Å². The first-order chi connectivity index (χ1) is 29.7. The standard InChI is InChI=1S/C23BF19N.C19H15/c25-5-1(6(26)14(34)19(39)13(5)33)24(4-11(31)22(42)44-23(43)12(4)32,2-7(27)15(35)20(40)16(36)8(2)28)3-9(29)17(37)21(41)18(38)10(3)30;1-4-10-16(11-5-1)19(17-12-6-2-7-13-17)18-14-8-3-9-15-18/h;1-15H/q-1;+1. The maximum absolute atomic E-state index is 15.3. The van der Waals surface area contributed by atoms with Crippen molar-refractivity contribution in [3.05, 3.63) is 224 Å². The van der Waals surface area contributed by atoms with Crippen molar-refractivity contribution < 1.29 is 83.4 Å². The van der Waals surface area contributed by atoms with Crippen molar-refractivity contribution >= 4 is 28.0 Å². The van der Waals surface area contributed by atoms with E-state index in [4.69, 9.17) is 0 Å². The monoisotopic (exact) mass is 905 g/mol. The zero-order chi connectivity index (χ0) is 46.4. The third kappa shape index (κ3) is 7.37. The Morgan fingerprint density at radius 3 is 0.667 bits per heavy atom. The van der Waals surface area contributed by atoms with Gasteiger partial charge in [-0.15, -0.1) is 21.9 Å². The fourth-order valence-electron chi connectivity index (χ4n) is 7.07. The summed E-state index contributed by atoms with van der Waals surface area (Å²) in [5.41, 5.74) is -10.1. The summed E-state index contributed by atoms with van der Waals surface area (Å²) in [5.74, 6) is -64.6. The first-order valence-electron chi connectivity index (χ1n) is 17.2. The third-order valence-electron chi connectivity index (χ3n) is 9.68. The first kappa shape index (κ1) is 45.6. The second-order valence-corrected chi connectivity index (χ2v) is 13.0. The minimum absolute atomic E-state index is 1.25. The minimum atomic E-state index is -7.08. The van der Waals surface area contributed by atoms with Crippen LogP contribution in [-0.4, -0.2) is 11.1 Å². The molecular weight excluding hydrogens is 890 g/mol. The molecular formula is C42H15BF19N. The molecule has 0 amide bonds. The second-order valence-electron chi connectivity index (χ2n) is 13.0. The largest absolute Gasteiger partial charge is 0.248 e. The number of halogens is 19. The summed E-state index contributed by atoms with van der Waals surface area (Å²) < 4.78 is 279. The van der Waals surface area contributed by atoms with Crippen molar-refractivity contribution in [2.24, 2.45) is 0 Å². The lowest BCUT2D eigenvalue weighted by molar-refractivity contribution is 0.379. The molecule has 0 radical (unpaired) electrons. The van der Waals surface area contributed by atoms with E-state index in [0.717, 1.165) is 0 Å². The first-order valence-corrected chi connectivity index (χ1v) is 17.2. The fraction of sp³-hybridized carbons (Fsp3) is 0. The van der Waals surface area contributed by atoms with Gasteiger partial charge in [-0.3, -0.25) is 0 Å². The molecule has 0 aliphatic heterocycles. The Morgan fingerprint density at radius 1 is 0.254 bits per heavy atom. The van der Waals surface area contributed by atoms with E-state index in [9.17, 15) is 48.3 Å². The van der Waals surface area contributed by atoms with Gasteiger partial charge in [0.15, 0.2) is 52.4 Å². The van der Waals surface area contributed by atoms with Gasteiger partial charge in [-0.05, 0) is 72.8 Å². The van der Waals surface area contributed by atoms with Gasteiger partial charge >= 0.3 is 0 Å². The summed E-state index contributed by atoms with van der Waals surface area (Å²) in [5, 5.41) is 0. The van der Waals surface area contributed by atoms with Crippen LogP contribution in [-0.2, 0) is 0 Å². The summed E-state index contributed by atoms with van der Waals surface area (Å²) in [6.07, 6.45) is -7.08. The molecule has 21 heteroatoms. The quantitative estimate of drug-likeness (QED) is 0.0296. The Bertz CT molecular complexity index is 2520. The van der Waals surface area contributed by atoms with Crippen molar-refractivity contribution in [1.82, 2.24) is 4.98 Å². The summed E-state index contributed by atoms with van der Waals surface area (Å²) in [4.78, 5) is 1.85. The van der Waals surface area contributed by atoms with Crippen LogP contribution in [0.15, 0.2) is 91.0 Å². The Kier molecular flexibility index (Phi) is 12.6. The number of nitrogens with zero attached hydrogens (tertiary/aromatic N) is 1. The van der Waals surface area contributed by atoms with Gasteiger partial charge < -0.3 is 0 Å². The van der Waals surface area contributed by atoms with Crippen LogP contribution >= 0.6 is 0 Å². The molecule has 0 saturated heterocycles. The van der Waals surface area contributed by atoms with Crippen LogP contribution < -0.4 is 21.9 Å². The third-order valence-corrected chi connectivity index (χ3v) is 9.68. The van der Waals surface area contributed by atoms with E-state index in [1.807, 2.05) is 4.98 Å². The molecule has 0 unspecified atom stereocenters. The van der Waals surface area contributed by atoms with Gasteiger partial charge in [-0.2, -0.15) is 13.8 Å². The van der Waals surface area contributed by atoms with E-state index in [1.54, 1.807) is 0 Å². The smallest absolute Gasteiger partial charge is 0.207 e. The predicted octanol–water partition coefficient (Wildman–Crippen LogP) is 9.81. The number of aromatic nitrogens is 1. The number of benzene rings is 6. The molecule has 1 aromatic heterocycles. The van der Waals surface area contributed by atoms with Crippen molar-refractivity contribution in [3.63, 3.8) is 0 Å². The lowest BCUT2D eigenvalue weighted by Crippen LogP contribution is -2.81. The van der Waals surface area contributed by atoms with Crippen molar-refractivity contribution in [2.45, 2.75) is 0 Å². The predicted molar refractivity (Wildman–Crippen MR) is 187 cm³/mol. The highest BCUT2D eigenvalue weighted by Gasteiger charge is 2.52. The maximum Gasteiger partial charge on any atom is 0.248 e. The molecule has 7 aromatic rings. The SMILES string of the molecule is Fc1nc(F)c(F)c([B-](c2c(F)c(F)c(F)c(F)c2F)(c2c(F)c(F)c(F)c(F)c2F)c2c(F)c(F)c(F)c(F)c2F)c1F.c1ccc([C+](c2ccccc2)c2ccccc2)cc1. The molecule has 6 aromatic carbocycles. The zero-order valence-electron chi connectivity index (χ0n) is 30.4. The van der Waals surface area contributed by atoms with E-state index >= 15 is 35.1 Å². The van der Waals surface area contributed by atoms with Crippen LogP contribution in [0, 0.1) is 117 Å². The van der Waals surface area contributed by atoms with E-state index in [2.05, 4.69) is 91.0 Å². The molecule has 1 heterocycles. The van der Waals surface area contributed by atoms with Crippen LogP contribution in [0.3, 0.4) is 0 Å². The van der Waals surface area contributed by atoms with Crippen LogP contribution in [0.25, 0.3) is 0 Å². The Hall–Kier alpha value is -6.93. The molecule has 0 saturated carbocycles. The summed E-state index contributed by atoms with van der Waals surface area (Å²) in [6, 6.07) is 31.6. The lowest BCUT2D eigenvalue weighted by atomic mass is 9.12. The van der Waals surface area contributed by atoms with Crippen LogP contribution in [0.4, 0.5) is 83.4 Å². The molecule has 7 rings (SSSR count). The second kappa shape index (κ2) is 17.4. The number of hydrogen-bond acceptors (Lipinski definition) is 1. The molecule has 324 valence electrons. The van der Waals surface area contributed by atoms with Crippen molar-refractivity contribution in [1.29, 1.82) is 0 Å². The van der Waals surface area contributed by atoms with Crippen LogP contribution in [0.2, 0.25) is 0 Å². The Balaban J connectivity index is 0.000000287. The summed E-state index contributed by atoms with van der Waals surface area (Å²) in [6.45, 7) is 0.